The molecule has 0 bridgehead atoms. The van der Waals surface area contributed by atoms with Crippen molar-refractivity contribution >= 4 is 33.3 Å². The van der Waals surface area contributed by atoms with Crippen molar-refractivity contribution in [1.29, 1.82) is 0 Å². The first kappa shape index (κ1) is 18.9. The highest BCUT2D eigenvalue weighted by molar-refractivity contribution is 7.87. The van der Waals surface area contributed by atoms with Gasteiger partial charge in [0.2, 0.25) is 11.8 Å². The average molecular weight is 406 g/mol. The Morgan fingerprint density at radius 3 is 2.48 bits per heavy atom. The van der Waals surface area contributed by atoms with Crippen LogP contribution in [0.4, 0.5) is 5.69 Å². The lowest BCUT2D eigenvalue weighted by Crippen LogP contribution is -2.13. The van der Waals surface area contributed by atoms with Gasteiger partial charge in [-0.25, -0.2) is 0 Å². The number of benzene rings is 2. The molecule has 0 radical (unpaired) electrons. The van der Waals surface area contributed by atoms with Gasteiger partial charge in [0, 0.05) is 23.7 Å². The minimum absolute atomic E-state index is 0.0423. The Kier molecular flexibility index (Phi) is 5.20. The van der Waals surface area contributed by atoms with E-state index in [0.717, 1.165) is 0 Å². The van der Waals surface area contributed by atoms with Crippen molar-refractivity contribution in [3.63, 3.8) is 0 Å². The zero-order chi connectivity index (χ0) is 19.6. The van der Waals surface area contributed by atoms with Crippen LogP contribution in [0.3, 0.4) is 0 Å². The van der Waals surface area contributed by atoms with Crippen molar-refractivity contribution in [1.82, 2.24) is 9.78 Å². The summed E-state index contributed by atoms with van der Waals surface area (Å²) < 4.78 is 31.9. The number of nitrogens with zero attached hydrogens (tertiary/aromatic N) is 2. The molecule has 1 amide bonds. The largest absolute Gasteiger partial charge is 0.358 e. The quantitative estimate of drug-likeness (QED) is 0.655. The van der Waals surface area contributed by atoms with Crippen molar-refractivity contribution < 1.29 is 17.4 Å². The average Bonchev–Trinajstić information content (AvgIpc) is 2.94. The Bertz CT molecular complexity index is 1090. The predicted octanol–water partition coefficient (Wildman–Crippen LogP) is 3.56. The normalized spacial score (nSPS) is 11.2. The van der Waals surface area contributed by atoms with Gasteiger partial charge in [-0.3, -0.25) is 4.79 Å². The topological polar surface area (TPSA) is 90.3 Å². The van der Waals surface area contributed by atoms with Gasteiger partial charge in [0.1, 0.15) is 4.90 Å². The van der Waals surface area contributed by atoms with E-state index >= 15 is 0 Å². The van der Waals surface area contributed by atoms with Crippen LogP contribution in [0.25, 0.3) is 5.69 Å². The number of halogens is 1. The molecular weight excluding hydrogens is 390 g/mol. The maximum atomic E-state index is 12.6. The van der Waals surface area contributed by atoms with Crippen molar-refractivity contribution in [2.45, 2.75) is 18.7 Å². The van der Waals surface area contributed by atoms with Crippen LogP contribution in [0.15, 0.2) is 59.5 Å². The fraction of sp³-hybridized carbons (Fsp3) is 0.111. The zero-order valence-corrected chi connectivity index (χ0v) is 16.1. The van der Waals surface area contributed by atoms with Crippen molar-refractivity contribution in [2.75, 3.05) is 5.32 Å². The third-order valence-electron chi connectivity index (χ3n) is 3.51. The molecule has 1 N–H and O–H groups in total. The molecule has 3 aromatic rings. The number of anilines is 1. The molecule has 2 aromatic carbocycles. The van der Waals surface area contributed by atoms with Gasteiger partial charge in [-0.05, 0) is 49.4 Å². The highest BCUT2D eigenvalue weighted by Gasteiger charge is 2.20. The van der Waals surface area contributed by atoms with Crippen LogP contribution in [0, 0.1) is 6.92 Å². The molecular formula is C18H16ClN3O4S. The number of aryl methyl sites for hydroxylation is 1. The van der Waals surface area contributed by atoms with E-state index < -0.39 is 10.1 Å². The molecule has 0 aliphatic heterocycles. The Labute approximate surface area is 161 Å². The standard InChI is InChI=1S/C18H16ClN3O4S/c1-12-10-18(22(21-12)16-5-3-4-14(19)11-16)26-27(24,25)17-8-6-15(7-9-17)20-13(2)23/h3-11H,1-2H3,(H,20,23). The molecule has 3 rings (SSSR count). The molecule has 7 nitrogen and oxygen atoms in total. The van der Waals surface area contributed by atoms with E-state index in [1.54, 1.807) is 31.2 Å². The van der Waals surface area contributed by atoms with Gasteiger partial charge in [-0.15, -0.1) is 0 Å². The first-order valence-electron chi connectivity index (χ1n) is 7.89. The first-order valence-corrected chi connectivity index (χ1v) is 9.68. The lowest BCUT2D eigenvalue weighted by molar-refractivity contribution is -0.114. The fourth-order valence-electron chi connectivity index (χ4n) is 2.40. The summed E-state index contributed by atoms with van der Waals surface area (Å²) >= 11 is 6.00. The van der Waals surface area contributed by atoms with Crippen LogP contribution in [-0.4, -0.2) is 24.1 Å². The number of rotatable bonds is 5. The summed E-state index contributed by atoms with van der Waals surface area (Å²) in [5, 5.41) is 7.33. The van der Waals surface area contributed by atoms with Crippen LogP contribution in [-0.2, 0) is 14.9 Å². The molecule has 1 heterocycles. The van der Waals surface area contributed by atoms with Gasteiger partial charge >= 0.3 is 10.1 Å². The summed E-state index contributed by atoms with van der Waals surface area (Å²) in [6.07, 6.45) is 0. The maximum absolute atomic E-state index is 12.6. The van der Waals surface area contributed by atoms with E-state index in [1.807, 2.05) is 0 Å². The minimum Gasteiger partial charge on any atom is -0.358 e. The van der Waals surface area contributed by atoms with Gasteiger partial charge in [0.15, 0.2) is 0 Å². The second-order valence-electron chi connectivity index (χ2n) is 5.76. The van der Waals surface area contributed by atoms with Crippen LogP contribution in [0.5, 0.6) is 5.88 Å². The molecule has 0 atom stereocenters. The maximum Gasteiger partial charge on any atom is 0.340 e. The number of carbonyl (C=O) groups is 1. The van der Waals surface area contributed by atoms with Crippen molar-refractivity contribution in [3.8, 4) is 11.6 Å². The van der Waals surface area contributed by atoms with E-state index in [4.69, 9.17) is 15.8 Å². The number of hydrogen-bond acceptors (Lipinski definition) is 5. The molecule has 1 aromatic heterocycles. The molecule has 0 aliphatic carbocycles. The van der Waals surface area contributed by atoms with E-state index in [1.165, 1.54) is 41.9 Å². The SMILES string of the molecule is CC(=O)Nc1ccc(S(=O)(=O)Oc2cc(C)nn2-c2cccc(Cl)c2)cc1. The van der Waals surface area contributed by atoms with Gasteiger partial charge < -0.3 is 9.50 Å². The summed E-state index contributed by atoms with van der Waals surface area (Å²) in [6, 6.07) is 14.0. The van der Waals surface area contributed by atoms with E-state index in [9.17, 15) is 13.2 Å². The first-order chi connectivity index (χ1) is 12.7. The highest BCUT2D eigenvalue weighted by atomic mass is 35.5. The smallest absolute Gasteiger partial charge is 0.340 e. The Balaban J connectivity index is 1.91. The van der Waals surface area contributed by atoms with Gasteiger partial charge in [0.25, 0.3) is 0 Å². The Morgan fingerprint density at radius 1 is 1.15 bits per heavy atom. The van der Waals surface area contributed by atoms with Gasteiger partial charge in [-0.1, -0.05) is 17.7 Å². The summed E-state index contributed by atoms with van der Waals surface area (Å²) in [5.41, 5.74) is 1.64. The molecule has 0 fully saturated rings. The molecule has 9 heteroatoms. The lowest BCUT2D eigenvalue weighted by atomic mass is 10.3. The van der Waals surface area contributed by atoms with Crippen LogP contribution in [0.1, 0.15) is 12.6 Å². The summed E-state index contributed by atoms with van der Waals surface area (Å²) in [7, 11) is -4.09. The lowest BCUT2D eigenvalue weighted by Gasteiger charge is -2.10. The third kappa shape index (κ3) is 4.47. The molecule has 0 unspecified atom stereocenters. The number of hydrogen-bond donors (Lipinski definition) is 1. The Hall–Kier alpha value is -2.84. The Morgan fingerprint density at radius 2 is 1.85 bits per heavy atom. The summed E-state index contributed by atoms with van der Waals surface area (Å²) in [4.78, 5) is 11.0. The number of amides is 1. The van der Waals surface area contributed by atoms with E-state index in [-0.39, 0.29) is 16.7 Å². The monoisotopic (exact) mass is 405 g/mol. The minimum atomic E-state index is -4.09. The van der Waals surface area contributed by atoms with Crippen molar-refractivity contribution in [3.05, 3.63) is 65.3 Å². The van der Waals surface area contributed by atoms with E-state index in [2.05, 4.69) is 10.4 Å². The zero-order valence-electron chi connectivity index (χ0n) is 14.5. The van der Waals surface area contributed by atoms with Gasteiger partial charge in [-0.2, -0.15) is 18.2 Å². The second-order valence-corrected chi connectivity index (χ2v) is 7.74. The van der Waals surface area contributed by atoms with Crippen molar-refractivity contribution in [2.24, 2.45) is 0 Å². The summed E-state index contributed by atoms with van der Waals surface area (Å²) in [5.74, 6) is -0.205. The van der Waals surface area contributed by atoms with Crippen LogP contribution < -0.4 is 9.50 Å². The molecule has 0 saturated carbocycles. The third-order valence-corrected chi connectivity index (χ3v) is 4.98. The fourth-order valence-corrected chi connectivity index (χ4v) is 3.49. The molecule has 140 valence electrons. The highest BCUT2D eigenvalue weighted by Crippen LogP contribution is 2.25. The molecule has 0 spiro atoms. The molecule has 27 heavy (non-hydrogen) atoms. The van der Waals surface area contributed by atoms with Crippen LogP contribution in [0.2, 0.25) is 5.02 Å². The number of nitrogens with one attached hydrogen (secondary N) is 1. The summed E-state index contributed by atoms with van der Waals surface area (Å²) in [6.45, 7) is 3.09. The predicted molar refractivity (Wildman–Crippen MR) is 102 cm³/mol. The van der Waals surface area contributed by atoms with E-state index in [0.29, 0.717) is 22.1 Å². The second kappa shape index (κ2) is 7.42. The number of aromatic nitrogens is 2. The molecule has 0 saturated heterocycles. The van der Waals surface area contributed by atoms with Crippen LogP contribution >= 0.6 is 11.6 Å². The van der Waals surface area contributed by atoms with Gasteiger partial charge in [0.05, 0.1) is 11.4 Å². The number of carbonyl (C=O) groups excluding carboxylic acids is 1. The molecule has 0 aliphatic rings.